The van der Waals surface area contributed by atoms with Crippen molar-refractivity contribution >= 4 is 18.3 Å². The van der Waals surface area contributed by atoms with Crippen LogP contribution in [0.4, 0.5) is 10.2 Å². The van der Waals surface area contributed by atoms with Gasteiger partial charge in [-0.15, -0.1) is 10.2 Å². The number of hydrogen-bond acceptors (Lipinski definition) is 7. The molecule has 0 radical (unpaired) electrons. The third-order valence-corrected chi connectivity index (χ3v) is 5.07. The molecule has 0 amide bonds. The van der Waals surface area contributed by atoms with Crippen LogP contribution in [0.25, 0.3) is 11.3 Å². The number of nitrogen functional groups attached to an aromatic ring is 1. The van der Waals surface area contributed by atoms with Gasteiger partial charge in [0.25, 0.3) is 0 Å². The Hall–Kier alpha value is -3.45. The van der Waals surface area contributed by atoms with E-state index < -0.39 is 13.0 Å². The van der Waals surface area contributed by atoms with Gasteiger partial charge in [-0.2, -0.15) is 10.4 Å². The second kappa shape index (κ2) is 7.18. The summed E-state index contributed by atoms with van der Waals surface area (Å²) in [4.78, 5) is 0. The molecule has 0 unspecified atom stereocenters. The Morgan fingerprint density at radius 2 is 2.17 bits per heavy atom. The van der Waals surface area contributed by atoms with Crippen LogP contribution in [0.5, 0.6) is 5.75 Å². The van der Waals surface area contributed by atoms with Gasteiger partial charge in [0.05, 0.1) is 11.2 Å². The summed E-state index contributed by atoms with van der Waals surface area (Å²) in [5, 5.41) is 32.8. The van der Waals surface area contributed by atoms with E-state index in [1.54, 1.807) is 26.1 Å². The Bertz CT molecular complexity index is 1140. The van der Waals surface area contributed by atoms with Crippen LogP contribution in [-0.2, 0) is 13.5 Å². The van der Waals surface area contributed by atoms with Crippen LogP contribution in [0.2, 0.25) is 6.32 Å². The number of halogens is 1. The summed E-state index contributed by atoms with van der Waals surface area (Å²) in [6.45, 7) is 0.839. The Labute approximate surface area is 166 Å². The van der Waals surface area contributed by atoms with Gasteiger partial charge in [0.1, 0.15) is 29.4 Å². The van der Waals surface area contributed by atoms with Crippen LogP contribution < -0.4 is 16.1 Å². The molecule has 3 heterocycles. The highest BCUT2D eigenvalue weighted by molar-refractivity contribution is 6.66. The molecule has 1 aliphatic heterocycles. The van der Waals surface area contributed by atoms with Gasteiger partial charge in [-0.05, 0) is 42.9 Å². The highest BCUT2D eigenvalue weighted by Crippen LogP contribution is 2.32. The molecule has 3 N–H and O–H groups in total. The van der Waals surface area contributed by atoms with Gasteiger partial charge >= 0.3 is 6.92 Å². The minimum atomic E-state index is -0.949. The lowest BCUT2D eigenvalue weighted by Gasteiger charge is -2.20. The average Bonchev–Trinajstić information content (AvgIpc) is 3.04. The average molecular weight is 392 g/mol. The van der Waals surface area contributed by atoms with Crippen molar-refractivity contribution in [3.05, 3.63) is 46.9 Å². The quantitative estimate of drug-likeness (QED) is 0.554. The fourth-order valence-corrected chi connectivity index (χ4v) is 3.61. The van der Waals surface area contributed by atoms with E-state index in [-0.39, 0.29) is 23.1 Å². The molecule has 10 heteroatoms. The lowest BCUT2D eigenvalue weighted by Crippen LogP contribution is -2.34. The van der Waals surface area contributed by atoms with Crippen LogP contribution >= 0.6 is 0 Å². The zero-order valence-corrected chi connectivity index (χ0v) is 15.9. The monoisotopic (exact) mass is 392 g/mol. The smallest absolute Gasteiger partial charge is 0.347 e. The molecule has 146 valence electrons. The van der Waals surface area contributed by atoms with Gasteiger partial charge in [-0.3, -0.25) is 4.68 Å². The lowest BCUT2D eigenvalue weighted by atomic mass is 9.59. The number of nitrogens with two attached hydrogens (primary N) is 1. The predicted molar refractivity (Wildman–Crippen MR) is 105 cm³/mol. The number of anilines is 1. The highest BCUT2D eigenvalue weighted by Gasteiger charge is 2.29. The maximum atomic E-state index is 13.9. The number of benzene rings is 1. The molecule has 8 nitrogen and oxygen atoms in total. The minimum Gasteiger partial charge on any atom is -0.482 e. The molecule has 2 aromatic heterocycles. The molecule has 4 rings (SSSR count). The number of nitrogens with zero attached hydrogens (tertiary/aromatic N) is 5. The van der Waals surface area contributed by atoms with E-state index >= 15 is 0 Å². The number of nitriles is 1. The molecule has 0 saturated carbocycles. The number of rotatable bonds is 0. The number of hydrogen-bond donors (Lipinski definition) is 2. The van der Waals surface area contributed by atoms with Crippen molar-refractivity contribution in [1.29, 1.82) is 5.26 Å². The first-order chi connectivity index (χ1) is 13.9. The van der Waals surface area contributed by atoms with Crippen molar-refractivity contribution in [1.82, 2.24) is 20.0 Å². The van der Waals surface area contributed by atoms with Crippen LogP contribution in [0.3, 0.4) is 0 Å². The largest absolute Gasteiger partial charge is 0.482 e. The first-order valence-electron chi connectivity index (χ1n) is 9.12. The molecule has 0 saturated heterocycles. The van der Waals surface area contributed by atoms with E-state index in [1.165, 1.54) is 16.8 Å². The van der Waals surface area contributed by atoms with Crippen LogP contribution in [0.15, 0.2) is 24.3 Å². The van der Waals surface area contributed by atoms with Gasteiger partial charge in [0.15, 0.2) is 11.6 Å². The second-order valence-corrected chi connectivity index (χ2v) is 6.98. The molecule has 0 aliphatic carbocycles. The lowest BCUT2D eigenvalue weighted by molar-refractivity contribution is 0.225. The number of aryl methyl sites for hydroxylation is 2. The topological polar surface area (TPSA) is 123 Å². The molecule has 1 aromatic carbocycles. The molecule has 1 aliphatic rings. The van der Waals surface area contributed by atoms with E-state index in [2.05, 4.69) is 21.4 Å². The Morgan fingerprint density at radius 1 is 1.38 bits per heavy atom. The Balaban J connectivity index is 1.94. The molecular weight excluding hydrogens is 374 g/mol. The Kier molecular flexibility index (Phi) is 4.68. The normalized spacial score (nSPS) is 16.0. The van der Waals surface area contributed by atoms with Crippen LogP contribution in [0.1, 0.15) is 29.8 Å². The first kappa shape index (κ1) is 18.9. The van der Waals surface area contributed by atoms with Gasteiger partial charge in [0.2, 0.25) is 0 Å². The third-order valence-electron chi connectivity index (χ3n) is 5.07. The summed E-state index contributed by atoms with van der Waals surface area (Å²) in [6.07, 6.45) is 0.285. The molecular formula is C19H18BFN6O2. The highest BCUT2D eigenvalue weighted by atomic mass is 19.1. The maximum Gasteiger partial charge on any atom is 0.347 e. The molecule has 3 aromatic rings. The van der Waals surface area contributed by atoms with Gasteiger partial charge in [-0.25, -0.2) is 4.39 Å². The van der Waals surface area contributed by atoms with E-state index in [9.17, 15) is 14.7 Å². The molecule has 0 fully saturated rings. The predicted octanol–water partition coefficient (Wildman–Crippen LogP) is 1.36. The van der Waals surface area contributed by atoms with E-state index in [0.29, 0.717) is 35.2 Å². The summed E-state index contributed by atoms with van der Waals surface area (Å²) in [5.74, 6) is -0.0504. The molecule has 2 bridgehead atoms. The summed E-state index contributed by atoms with van der Waals surface area (Å²) >= 11 is 0. The molecule has 0 spiro atoms. The number of ether oxygens (including phenoxy) is 1. The fourth-order valence-electron chi connectivity index (χ4n) is 3.61. The molecule has 29 heavy (non-hydrogen) atoms. The second-order valence-electron chi connectivity index (χ2n) is 6.98. The summed E-state index contributed by atoms with van der Waals surface area (Å²) in [7, 11) is 1.62. The third kappa shape index (κ3) is 3.30. The van der Waals surface area contributed by atoms with Gasteiger partial charge in [-0.1, -0.05) is 6.07 Å². The SMILES string of the molecule is C[C@H]1Oc2cc(nnc2N)-c2c(nn(C)c2C#N)B(O)CCc2ccc(F)cc21. The Morgan fingerprint density at radius 3 is 2.93 bits per heavy atom. The first-order valence-corrected chi connectivity index (χ1v) is 9.12. The minimum absolute atomic E-state index is 0.0695. The van der Waals surface area contributed by atoms with Crippen molar-refractivity contribution in [2.75, 3.05) is 5.73 Å². The number of aromatic nitrogens is 4. The zero-order chi connectivity index (χ0) is 20.7. The van der Waals surface area contributed by atoms with Gasteiger partial charge < -0.3 is 15.5 Å². The summed E-state index contributed by atoms with van der Waals surface area (Å²) < 4.78 is 21.3. The van der Waals surface area contributed by atoms with Crippen molar-refractivity contribution in [3.63, 3.8) is 0 Å². The van der Waals surface area contributed by atoms with Crippen molar-refractivity contribution in [2.45, 2.75) is 25.8 Å². The van der Waals surface area contributed by atoms with Crippen molar-refractivity contribution in [2.24, 2.45) is 7.05 Å². The van der Waals surface area contributed by atoms with Gasteiger partial charge in [0, 0.05) is 13.1 Å². The van der Waals surface area contributed by atoms with E-state index in [0.717, 1.165) is 5.56 Å². The van der Waals surface area contributed by atoms with Crippen LogP contribution in [0, 0.1) is 17.1 Å². The van der Waals surface area contributed by atoms with Crippen molar-refractivity contribution in [3.8, 4) is 23.1 Å². The van der Waals surface area contributed by atoms with Crippen molar-refractivity contribution < 1.29 is 14.2 Å². The van der Waals surface area contributed by atoms with E-state index in [4.69, 9.17) is 10.5 Å². The summed E-state index contributed by atoms with van der Waals surface area (Å²) in [5.41, 5.74) is 8.74. The fraction of sp³-hybridized carbons (Fsp3) is 0.263. The number of fused-ring (bicyclic) bond motifs is 5. The maximum absolute atomic E-state index is 13.9. The summed E-state index contributed by atoms with van der Waals surface area (Å²) in [6, 6.07) is 8.14. The molecule has 1 atom stereocenters. The standard InChI is InChI=1S/C19H18BFN6O2/c1-10-13-7-12(21)4-3-11(13)5-6-20(28)18-17(15(9-22)27(2)26-18)14-8-16(29-10)19(23)25-24-14/h3-4,7-8,10,28H,5-6H2,1-2H3,(H2,23,25)/t10-/m1/s1. The van der Waals surface area contributed by atoms with Crippen LogP contribution in [-0.4, -0.2) is 31.9 Å². The van der Waals surface area contributed by atoms with E-state index in [1.807, 2.05) is 0 Å². The zero-order valence-electron chi connectivity index (χ0n) is 15.9.